The molecule has 8 nitrogen and oxygen atoms in total. The number of aromatic nitrogens is 4. The van der Waals surface area contributed by atoms with E-state index in [4.69, 9.17) is 9.47 Å². The predicted molar refractivity (Wildman–Crippen MR) is 105 cm³/mol. The molecule has 2 aromatic carbocycles. The molecule has 1 atom stereocenters. The first-order chi connectivity index (χ1) is 14.2. The van der Waals surface area contributed by atoms with Crippen molar-refractivity contribution in [2.75, 3.05) is 19.7 Å². The number of amides is 1. The third kappa shape index (κ3) is 4.60. The Labute approximate surface area is 169 Å². The van der Waals surface area contributed by atoms with Gasteiger partial charge in [-0.15, -0.1) is 5.10 Å². The van der Waals surface area contributed by atoms with Crippen LogP contribution in [0.25, 0.3) is 0 Å². The fraction of sp³-hybridized carbons (Fsp3) is 0.333. The van der Waals surface area contributed by atoms with Crippen LogP contribution in [-0.4, -0.2) is 50.7 Å². The maximum absolute atomic E-state index is 13.0. The van der Waals surface area contributed by atoms with E-state index in [0.29, 0.717) is 32.1 Å². The summed E-state index contributed by atoms with van der Waals surface area (Å²) < 4.78 is 13.3. The van der Waals surface area contributed by atoms with Crippen molar-refractivity contribution in [3.8, 4) is 5.75 Å². The monoisotopic (exact) mass is 393 g/mol. The fourth-order valence-electron chi connectivity index (χ4n) is 3.34. The van der Waals surface area contributed by atoms with E-state index in [2.05, 4.69) is 15.5 Å². The first-order valence-corrected chi connectivity index (χ1v) is 9.57. The topological polar surface area (TPSA) is 82.4 Å². The Balaban J connectivity index is 1.41. The first-order valence-electron chi connectivity index (χ1n) is 9.57. The molecule has 2 heterocycles. The molecule has 0 saturated carbocycles. The molecular formula is C21H23N5O3. The van der Waals surface area contributed by atoms with Gasteiger partial charge >= 0.3 is 0 Å². The molecule has 1 aromatic heterocycles. The van der Waals surface area contributed by atoms with Crippen LogP contribution in [0.15, 0.2) is 54.6 Å². The van der Waals surface area contributed by atoms with Crippen LogP contribution in [-0.2, 0) is 29.6 Å². The Morgan fingerprint density at radius 2 is 1.97 bits per heavy atom. The molecule has 8 heteroatoms. The van der Waals surface area contributed by atoms with E-state index in [1.54, 1.807) is 16.6 Å². The molecule has 4 rings (SSSR count). The van der Waals surface area contributed by atoms with Crippen LogP contribution in [0.4, 0.5) is 0 Å². The number of carbonyl (C=O) groups is 1. The molecule has 1 amide bonds. The van der Waals surface area contributed by atoms with E-state index in [9.17, 15) is 4.79 Å². The number of nitrogens with zero attached hydrogens (tertiary/aromatic N) is 5. The summed E-state index contributed by atoms with van der Waals surface area (Å²) in [6, 6.07) is 17.6. The van der Waals surface area contributed by atoms with E-state index in [-0.39, 0.29) is 18.4 Å². The second-order valence-electron chi connectivity index (χ2n) is 6.92. The van der Waals surface area contributed by atoms with Gasteiger partial charge < -0.3 is 14.4 Å². The van der Waals surface area contributed by atoms with Crippen LogP contribution in [0.3, 0.4) is 0 Å². The molecule has 1 saturated heterocycles. The van der Waals surface area contributed by atoms with Crippen LogP contribution in [0.2, 0.25) is 0 Å². The molecule has 1 aliphatic heterocycles. The van der Waals surface area contributed by atoms with Crippen LogP contribution >= 0.6 is 0 Å². The summed E-state index contributed by atoms with van der Waals surface area (Å²) in [4.78, 5) is 14.8. The van der Waals surface area contributed by atoms with Gasteiger partial charge in [-0.05, 0) is 22.1 Å². The van der Waals surface area contributed by atoms with Gasteiger partial charge in [0.1, 0.15) is 18.5 Å². The number of hydrogen-bond acceptors (Lipinski definition) is 6. The normalized spacial score (nSPS) is 16.6. The summed E-state index contributed by atoms with van der Waals surface area (Å²) in [5.74, 6) is 1.38. The summed E-state index contributed by atoms with van der Waals surface area (Å²) in [5, 5.41) is 11.5. The summed E-state index contributed by atoms with van der Waals surface area (Å²) >= 11 is 0. The number of para-hydroxylation sites is 1. The van der Waals surface area contributed by atoms with Gasteiger partial charge in [0, 0.05) is 19.2 Å². The Hall–Kier alpha value is -3.26. The third-order valence-electron chi connectivity index (χ3n) is 4.91. The Morgan fingerprint density at radius 1 is 1.17 bits per heavy atom. The number of aryl methyl sites for hydroxylation is 1. The number of hydrogen-bond donors (Lipinski definition) is 0. The smallest absolute Gasteiger partial charge is 0.227 e. The van der Waals surface area contributed by atoms with Gasteiger partial charge in [0.05, 0.1) is 19.6 Å². The molecule has 1 fully saturated rings. The fourth-order valence-corrected chi connectivity index (χ4v) is 3.34. The third-order valence-corrected chi connectivity index (χ3v) is 4.91. The highest BCUT2D eigenvalue weighted by Gasteiger charge is 2.29. The van der Waals surface area contributed by atoms with Gasteiger partial charge in [-0.3, -0.25) is 4.79 Å². The lowest BCUT2D eigenvalue weighted by Gasteiger charge is -2.32. The highest BCUT2D eigenvalue weighted by atomic mass is 16.5. The molecule has 0 bridgehead atoms. The SMILES string of the molecule is Cn1nnnc1C1CN(C(=O)Cc2ccccc2OCc2ccccc2)CCO1. The van der Waals surface area contributed by atoms with E-state index < -0.39 is 0 Å². The maximum Gasteiger partial charge on any atom is 0.227 e. The van der Waals surface area contributed by atoms with E-state index in [0.717, 1.165) is 16.9 Å². The molecule has 150 valence electrons. The molecule has 1 aliphatic rings. The molecular weight excluding hydrogens is 370 g/mol. The van der Waals surface area contributed by atoms with Gasteiger partial charge in [-0.1, -0.05) is 48.5 Å². The molecule has 0 N–H and O–H groups in total. The van der Waals surface area contributed by atoms with Gasteiger partial charge in [0.15, 0.2) is 5.82 Å². The molecule has 29 heavy (non-hydrogen) atoms. The Morgan fingerprint density at radius 3 is 2.76 bits per heavy atom. The molecule has 0 aliphatic carbocycles. The highest BCUT2D eigenvalue weighted by Crippen LogP contribution is 2.23. The molecule has 0 spiro atoms. The summed E-state index contributed by atoms with van der Waals surface area (Å²) in [5.41, 5.74) is 1.96. The number of carbonyl (C=O) groups excluding carboxylic acids is 1. The maximum atomic E-state index is 13.0. The van der Waals surface area contributed by atoms with Gasteiger partial charge in [0.2, 0.25) is 5.91 Å². The van der Waals surface area contributed by atoms with E-state index in [1.807, 2.05) is 54.6 Å². The Bertz CT molecular complexity index is 960. The standard InChI is InChI=1S/C21H23N5O3/c1-25-21(22-23-24-25)19-14-26(11-12-28-19)20(27)13-17-9-5-6-10-18(17)29-15-16-7-3-2-4-8-16/h2-10,19H,11-15H2,1H3. The number of ether oxygens (including phenoxy) is 2. The number of benzene rings is 2. The van der Waals surface area contributed by atoms with Crippen molar-refractivity contribution in [2.45, 2.75) is 19.1 Å². The van der Waals surface area contributed by atoms with E-state index in [1.165, 1.54) is 0 Å². The van der Waals surface area contributed by atoms with Gasteiger partial charge in [-0.25, -0.2) is 4.68 Å². The first kappa shape index (κ1) is 19.1. The zero-order chi connectivity index (χ0) is 20.1. The molecule has 1 unspecified atom stereocenters. The minimum absolute atomic E-state index is 0.0317. The molecule has 3 aromatic rings. The number of rotatable bonds is 6. The minimum Gasteiger partial charge on any atom is -0.489 e. The van der Waals surface area contributed by atoms with Gasteiger partial charge in [-0.2, -0.15) is 0 Å². The molecule has 0 radical (unpaired) electrons. The summed E-state index contributed by atoms with van der Waals surface area (Å²) in [7, 11) is 1.76. The Kier molecular flexibility index (Phi) is 5.81. The van der Waals surface area contributed by atoms with Crippen LogP contribution in [0, 0.1) is 0 Å². The number of tetrazole rings is 1. The lowest BCUT2D eigenvalue weighted by atomic mass is 10.1. The second kappa shape index (κ2) is 8.83. The van der Waals surface area contributed by atoms with Crippen molar-refractivity contribution in [2.24, 2.45) is 7.05 Å². The summed E-state index contributed by atoms with van der Waals surface area (Å²) in [6.07, 6.45) is -0.0494. The van der Waals surface area contributed by atoms with E-state index >= 15 is 0 Å². The predicted octanol–water partition coefficient (Wildman–Crippen LogP) is 1.93. The lowest BCUT2D eigenvalue weighted by Crippen LogP contribution is -2.43. The van der Waals surface area contributed by atoms with Crippen molar-refractivity contribution in [3.05, 3.63) is 71.5 Å². The minimum atomic E-state index is -0.322. The van der Waals surface area contributed by atoms with Crippen molar-refractivity contribution >= 4 is 5.91 Å². The van der Waals surface area contributed by atoms with Crippen LogP contribution in [0.5, 0.6) is 5.75 Å². The van der Waals surface area contributed by atoms with Crippen LogP contribution < -0.4 is 4.74 Å². The average Bonchev–Trinajstić information content (AvgIpc) is 3.20. The highest BCUT2D eigenvalue weighted by molar-refractivity contribution is 5.79. The largest absolute Gasteiger partial charge is 0.489 e. The summed E-state index contributed by atoms with van der Waals surface area (Å²) in [6.45, 7) is 1.90. The second-order valence-corrected chi connectivity index (χ2v) is 6.92. The zero-order valence-corrected chi connectivity index (χ0v) is 16.3. The van der Waals surface area contributed by atoms with Crippen molar-refractivity contribution in [3.63, 3.8) is 0 Å². The quantitative estimate of drug-likeness (QED) is 0.637. The number of morpholine rings is 1. The van der Waals surface area contributed by atoms with Crippen molar-refractivity contribution in [1.29, 1.82) is 0 Å². The van der Waals surface area contributed by atoms with Gasteiger partial charge in [0.25, 0.3) is 0 Å². The zero-order valence-electron chi connectivity index (χ0n) is 16.3. The van der Waals surface area contributed by atoms with Crippen molar-refractivity contribution in [1.82, 2.24) is 25.1 Å². The average molecular weight is 393 g/mol. The lowest BCUT2D eigenvalue weighted by molar-refractivity contribution is -0.138. The van der Waals surface area contributed by atoms with Crippen molar-refractivity contribution < 1.29 is 14.3 Å². The van der Waals surface area contributed by atoms with Crippen LogP contribution in [0.1, 0.15) is 23.1 Å².